The molecule has 1 amide bonds. The zero-order valence-electron chi connectivity index (χ0n) is 14.0. The molecule has 1 atom stereocenters. The predicted molar refractivity (Wildman–Crippen MR) is 96.6 cm³/mol. The van der Waals surface area contributed by atoms with E-state index >= 15 is 0 Å². The standard InChI is InChI=1S/C16H14F3N5OS2/c1-10(14(25)20-12-5-2-4-11(8-12)16(17,18)19)27-15-21-22-23-24(15)9-13-6-3-7-26-13/h2-8,10H,9H2,1H3,(H,20,25). The second-order valence-electron chi connectivity index (χ2n) is 5.53. The summed E-state index contributed by atoms with van der Waals surface area (Å²) in [6, 6.07) is 8.37. The van der Waals surface area contributed by atoms with Crippen molar-refractivity contribution in [3.05, 3.63) is 52.2 Å². The average molecular weight is 413 g/mol. The Kier molecular flexibility index (Phi) is 5.80. The van der Waals surface area contributed by atoms with Crippen LogP contribution in [0.3, 0.4) is 0 Å². The van der Waals surface area contributed by atoms with Crippen molar-refractivity contribution in [3.8, 4) is 0 Å². The first-order valence-electron chi connectivity index (χ1n) is 7.76. The molecule has 1 unspecified atom stereocenters. The molecule has 0 aliphatic rings. The minimum absolute atomic E-state index is 0.0838. The molecule has 0 bridgehead atoms. The number of aromatic nitrogens is 4. The van der Waals surface area contributed by atoms with E-state index in [0.29, 0.717) is 11.7 Å². The molecule has 0 saturated carbocycles. The molecule has 2 aromatic heterocycles. The highest BCUT2D eigenvalue weighted by molar-refractivity contribution is 8.00. The molecule has 0 spiro atoms. The second-order valence-corrected chi connectivity index (χ2v) is 7.87. The largest absolute Gasteiger partial charge is 0.416 e. The first-order valence-corrected chi connectivity index (χ1v) is 9.52. The van der Waals surface area contributed by atoms with Gasteiger partial charge in [-0.05, 0) is 47.0 Å². The molecule has 2 heterocycles. The number of anilines is 1. The van der Waals surface area contributed by atoms with E-state index in [9.17, 15) is 18.0 Å². The Labute approximate surface area is 160 Å². The van der Waals surface area contributed by atoms with Gasteiger partial charge in [0.05, 0.1) is 17.4 Å². The van der Waals surface area contributed by atoms with E-state index in [1.165, 1.54) is 12.1 Å². The number of hydrogen-bond donors (Lipinski definition) is 1. The van der Waals surface area contributed by atoms with Gasteiger partial charge < -0.3 is 5.32 Å². The summed E-state index contributed by atoms with van der Waals surface area (Å²) in [6.45, 7) is 2.12. The van der Waals surface area contributed by atoms with Crippen molar-refractivity contribution in [2.24, 2.45) is 0 Å². The van der Waals surface area contributed by atoms with E-state index in [1.807, 2.05) is 17.5 Å². The van der Waals surface area contributed by atoms with Crippen LogP contribution < -0.4 is 5.32 Å². The molecule has 6 nitrogen and oxygen atoms in total. The summed E-state index contributed by atoms with van der Waals surface area (Å²) in [5.41, 5.74) is -0.735. The minimum Gasteiger partial charge on any atom is -0.325 e. The van der Waals surface area contributed by atoms with Crippen LogP contribution in [0.4, 0.5) is 18.9 Å². The van der Waals surface area contributed by atoms with Crippen molar-refractivity contribution < 1.29 is 18.0 Å². The van der Waals surface area contributed by atoms with Gasteiger partial charge in [0.1, 0.15) is 0 Å². The van der Waals surface area contributed by atoms with Gasteiger partial charge in [0, 0.05) is 10.6 Å². The predicted octanol–water partition coefficient (Wildman–Crippen LogP) is 3.92. The lowest BCUT2D eigenvalue weighted by Crippen LogP contribution is -2.23. The van der Waals surface area contributed by atoms with Crippen molar-refractivity contribution in [2.45, 2.75) is 30.1 Å². The molecular formula is C16H14F3N5OS2. The highest BCUT2D eigenvalue weighted by Gasteiger charge is 2.30. The Balaban J connectivity index is 1.64. The van der Waals surface area contributed by atoms with Gasteiger partial charge in [0.15, 0.2) is 0 Å². The van der Waals surface area contributed by atoms with Crippen molar-refractivity contribution in [1.29, 1.82) is 0 Å². The summed E-state index contributed by atoms with van der Waals surface area (Å²) < 4.78 is 39.9. The van der Waals surface area contributed by atoms with Gasteiger partial charge in [-0.25, -0.2) is 4.68 Å². The fraction of sp³-hybridized carbons (Fsp3) is 0.250. The van der Waals surface area contributed by atoms with Crippen LogP contribution in [0.25, 0.3) is 0 Å². The Morgan fingerprint density at radius 2 is 2.15 bits per heavy atom. The van der Waals surface area contributed by atoms with E-state index in [2.05, 4.69) is 20.8 Å². The molecular weight excluding hydrogens is 399 g/mol. The number of thiophene rings is 1. The molecule has 0 aliphatic carbocycles. The number of nitrogens with one attached hydrogen (secondary N) is 1. The fourth-order valence-corrected chi connectivity index (χ4v) is 3.63. The van der Waals surface area contributed by atoms with Gasteiger partial charge in [0.25, 0.3) is 0 Å². The lowest BCUT2D eigenvalue weighted by atomic mass is 10.2. The van der Waals surface area contributed by atoms with E-state index in [4.69, 9.17) is 0 Å². The third-order valence-electron chi connectivity index (χ3n) is 3.49. The number of thioether (sulfide) groups is 1. The molecule has 3 rings (SSSR count). The van der Waals surface area contributed by atoms with Gasteiger partial charge in [0.2, 0.25) is 11.1 Å². The Hall–Kier alpha value is -2.40. The quantitative estimate of drug-likeness (QED) is 0.620. The van der Waals surface area contributed by atoms with Crippen LogP contribution in [0.5, 0.6) is 0 Å². The monoisotopic (exact) mass is 413 g/mol. The van der Waals surface area contributed by atoms with Crippen LogP contribution in [0.1, 0.15) is 17.4 Å². The molecule has 3 aromatic rings. The van der Waals surface area contributed by atoms with Crippen molar-refractivity contribution >= 4 is 34.7 Å². The summed E-state index contributed by atoms with van der Waals surface area (Å²) in [5.74, 6) is -0.440. The third kappa shape index (κ3) is 5.07. The maximum Gasteiger partial charge on any atom is 0.416 e. The van der Waals surface area contributed by atoms with E-state index in [-0.39, 0.29) is 5.69 Å². The number of rotatable bonds is 6. The summed E-state index contributed by atoms with van der Waals surface area (Å²) in [4.78, 5) is 13.4. The van der Waals surface area contributed by atoms with E-state index in [0.717, 1.165) is 28.8 Å². The summed E-state index contributed by atoms with van der Waals surface area (Å²) in [5, 5.41) is 15.7. The number of amides is 1. The number of alkyl halides is 3. The summed E-state index contributed by atoms with van der Waals surface area (Å²) in [6.07, 6.45) is -4.47. The van der Waals surface area contributed by atoms with Crippen LogP contribution in [-0.4, -0.2) is 31.4 Å². The second kappa shape index (κ2) is 8.09. The van der Waals surface area contributed by atoms with Gasteiger partial charge >= 0.3 is 6.18 Å². The summed E-state index contributed by atoms with van der Waals surface area (Å²) in [7, 11) is 0. The molecule has 1 N–H and O–H groups in total. The molecule has 27 heavy (non-hydrogen) atoms. The zero-order valence-corrected chi connectivity index (χ0v) is 15.6. The number of nitrogens with zero attached hydrogens (tertiary/aromatic N) is 4. The normalized spacial score (nSPS) is 12.7. The maximum atomic E-state index is 12.8. The molecule has 0 aliphatic heterocycles. The van der Waals surface area contributed by atoms with Gasteiger partial charge in [-0.1, -0.05) is 23.9 Å². The molecule has 0 radical (unpaired) electrons. The molecule has 1 aromatic carbocycles. The molecule has 0 fully saturated rings. The highest BCUT2D eigenvalue weighted by atomic mass is 32.2. The Morgan fingerprint density at radius 1 is 1.33 bits per heavy atom. The lowest BCUT2D eigenvalue weighted by Gasteiger charge is -2.13. The number of carbonyl (C=O) groups excluding carboxylic acids is 1. The first kappa shape index (κ1) is 19.4. The number of benzene rings is 1. The fourth-order valence-electron chi connectivity index (χ4n) is 2.16. The number of tetrazole rings is 1. The van der Waals surface area contributed by atoms with E-state index < -0.39 is 22.9 Å². The Bertz CT molecular complexity index is 911. The van der Waals surface area contributed by atoms with Crippen LogP contribution >= 0.6 is 23.1 Å². The smallest absolute Gasteiger partial charge is 0.325 e. The van der Waals surface area contributed by atoms with Gasteiger partial charge in [-0.2, -0.15) is 13.2 Å². The summed E-state index contributed by atoms with van der Waals surface area (Å²) >= 11 is 2.70. The molecule has 142 valence electrons. The number of carbonyl (C=O) groups is 1. The van der Waals surface area contributed by atoms with Crippen molar-refractivity contribution in [3.63, 3.8) is 0 Å². The maximum absolute atomic E-state index is 12.8. The number of halogens is 3. The lowest BCUT2D eigenvalue weighted by molar-refractivity contribution is -0.137. The van der Waals surface area contributed by atoms with Gasteiger partial charge in [-0.15, -0.1) is 16.4 Å². The van der Waals surface area contributed by atoms with Crippen LogP contribution in [-0.2, 0) is 17.5 Å². The SMILES string of the molecule is CC(Sc1nnnn1Cc1cccs1)C(=O)Nc1cccc(C(F)(F)F)c1. The van der Waals surface area contributed by atoms with Crippen molar-refractivity contribution in [2.75, 3.05) is 5.32 Å². The number of hydrogen-bond acceptors (Lipinski definition) is 6. The first-order chi connectivity index (χ1) is 12.8. The van der Waals surface area contributed by atoms with Crippen LogP contribution in [0.15, 0.2) is 46.9 Å². The molecule has 11 heteroatoms. The highest BCUT2D eigenvalue weighted by Crippen LogP contribution is 2.31. The van der Waals surface area contributed by atoms with Crippen LogP contribution in [0, 0.1) is 0 Å². The van der Waals surface area contributed by atoms with Crippen LogP contribution in [0.2, 0.25) is 0 Å². The zero-order chi connectivity index (χ0) is 19.4. The molecule has 0 saturated heterocycles. The Morgan fingerprint density at radius 3 is 2.85 bits per heavy atom. The van der Waals surface area contributed by atoms with E-state index in [1.54, 1.807) is 22.9 Å². The topological polar surface area (TPSA) is 72.7 Å². The van der Waals surface area contributed by atoms with Crippen molar-refractivity contribution in [1.82, 2.24) is 20.2 Å². The van der Waals surface area contributed by atoms with Gasteiger partial charge in [-0.3, -0.25) is 4.79 Å². The third-order valence-corrected chi connectivity index (χ3v) is 5.43. The minimum atomic E-state index is -4.47. The average Bonchev–Trinajstić information content (AvgIpc) is 3.27.